The van der Waals surface area contributed by atoms with Gasteiger partial charge in [0.1, 0.15) is 11.5 Å². The van der Waals surface area contributed by atoms with Crippen LogP contribution in [0.25, 0.3) is 0 Å². The Morgan fingerprint density at radius 2 is 1.72 bits per heavy atom. The molecule has 1 unspecified atom stereocenters. The fourth-order valence-corrected chi connectivity index (χ4v) is 4.32. The first-order valence-corrected chi connectivity index (χ1v) is 11.4. The molecule has 32 heavy (non-hydrogen) atoms. The number of carbonyl (C=O) groups is 1. The number of hydrogen-bond donors (Lipinski definition) is 3. The van der Waals surface area contributed by atoms with Gasteiger partial charge in [-0.15, -0.1) is 24.0 Å². The Bertz CT molecular complexity index is 733. The minimum atomic E-state index is 0. The van der Waals surface area contributed by atoms with Crippen LogP contribution in [0.15, 0.2) is 23.2 Å². The van der Waals surface area contributed by atoms with Gasteiger partial charge in [0.05, 0.1) is 14.2 Å². The Morgan fingerprint density at radius 3 is 2.34 bits per heavy atom. The van der Waals surface area contributed by atoms with E-state index in [2.05, 4.69) is 25.8 Å². The molecule has 1 saturated carbocycles. The first kappa shape index (κ1) is 26.3. The van der Waals surface area contributed by atoms with E-state index in [1.54, 1.807) is 21.3 Å². The molecule has 1 amide bonds. The highest BCUT2D eigenvalue weighted by atomic mass is 127. The number of hydrogen-bond acceptors (Lipinski definition) is 5. The van der Waals surface area contributed by atoms with E-state index in [0.29, 0.717) is 19.0 Å². The quantitative estimate of drug-likeness (QED) is 0.258. The molecular formula is C23H38IN5O3. The summed E-state index contributed by atoms with van der Waals surface area (Å²) in [7, 11) is 5.09. The summed E-state index contributed by atoms with van der Waals surface area (Å²) in [6.45, 7) is 2.37. The van der Waals surface area contributed by atoms with E-state index in [4.69, 9.17) is 9.47 Å². The first-order chi connectivity index (χ1) is 15.1. The van der Waals surface area contributed by atoms with E-state index in [-0.39, 0.29) is 35.9 Å². The lowest BCUT2D eigenvalue weighted by Crippen LogP contribution is -2.46. The molecule has 1 saturated heterocycles. The van der Waals surface area contributed by atoms with Gasteiger partial charge in [0, 0.05) is 69.1 Å². The minimum absolute atomic E-state index is 0. The van der Waals surface area contributed by atoms with Crippen LogP contribution in [0.5, 0.6) is 11.5 Å². The summed E-state index contributed by atoms with van der Waals surface area (Å²) in [6, 6.07) is 6.58. The fraction of sp³-hybridized carbons (Fsp3) is 0.652. The summed E-state index contributed by atoms with van der Waals surface area (Å²) in [5.41, 5.74) is 1.09. The number of halogens is 1. The van der Waals surface area contributed by atoms with Gasteiger partial charge in [-0.05, 0) is 19.3 Å². The van der Waals surface area contributed by atoms with Gasteiger partial charge in [0.25, 0.3) is 0 Å². The molecule has 180 valence electrons. The van der Waals surface area contributed by atoms with Gasteiger partial charge in [-0.25, -0.2) is 0 Å². The standard InChI is InChI=1S/C23H37N5O3.HI/c1-24-23(25-11-9-22(29)26-17-7-5-4-6-8-17)27-18-10-12-28(16-18)19-13-20(30-2)15-21(14-19)31-3;/h13-15,17-18H,4-12,16H2,1-3H3,(H,26,29)(H2,24,25,27);1H. The number of carbonyl (C=O) groups excluding carboxylic acids is 1. The molecule has 0 radical (unpaired) electrons. The van der Waals surface area contributed by atoms with Crippen LogP contribution in [0.3, 0.4) is 0 Å². The van der Waals surface area contributed by atoms with E-state index in [1.165, 1.54) is 19.3 Å². The van der Waals surface area contributed by atoms with Crippen molar-refractivity contribution >= 4 is 41.5 Å². The Balaban J connectivity index is 0.00000363. The predicted molar refractivity (Wildman–Crippen MR) is 140 cm³/mol. The molecule has 2 fully saturated rings. The van der Waals surface area contributed by atoms with Gasteiger partial charge in [-0.2, -0.15) is 0 Å². The van der Waals surface area contributed by atoms with Crippen LogP contribution < -0.4 is 30.3 Å². The lowest BCUT2D eigenvalue weighted by atomic mass is 9.95. The smallest absolute Gasteiger partial charge is 0.221 e. The highest BCUT2D eigenvalue weighted by Gasteiger charge is 2.24. The normalized spacial score (nSPS) is 19.2. The summed E-state index contributed by atoms with van der Waals surface area (Å²) >= 11 is 0. The largest absolute Gasteiger partial charge is 0.497 e. The zero-order valence-corrected chi connectivity index (χ0v) is 21.8. The molecule has 1 heterocycles. The molecule has 1 aromatic rings. The summed E-state index contributed by atoms with van der Waals surface area (Å²) in [5, 5.41) is 9.92. The third kappa shape index (κ3) is 7.90. The Morgan fingerprint density at radius 1 is 1.03 bits per heavy atom. The minimum Gasteiger partial charge on any atom is -0.497 e. The lowest BCUT2D eigenvalue weighted by molar-refractivity contribution is -0.121. The highest BCUT2D eigenvalue weighted by Crippen LogP contribution is 2.30. The van der Waals surface area contributed by atoms with Crippen LogP contribution >= 0.6 is 24.0 Å². The number of rotatable bonds is 8. The summed E-state index contributed by atoms with van der Waals surface area (Å²) in [6.07, 6.45) is 7.42. The molecule has 1 aromatic carbocycles. The molecule has 0 bridgehead atoms. The van der Waals surface area contributed by atoms with E-state index in [0.717, 1.165) is 55.5 Å². The van der Waals surface area contributed by atoms with Gasteiger partial charge in [-0.1, -0.05) is 19.3 Å². The van der Waals surface area contributed by atoms with Gasteiger partial charge < -0.3 is 30.3 Å². The van der Waals surface area contributed by atoms with Crippen molar-refractivity contribution in [2.24, 2.45) is 4.99 Å². The maximum atomic E-state index is 12.2. The third-order valence-corrected chi connectivity index (χ3v) is 6.07. The molecular weight excluding hydrogens is 521 g/mol. The molecule has 2 aliphatic rings. The molecule has 3 rings (SSSR count). The zero-order chi connectivity index (χ0) is 22.1. The van der Waals surface area contributed by atoms with Crippen LogP contribution in [0.2, 0.25) is 0 Å². The van der Waals surface area contributed by atoms with Gasteiger partial charge in [0.15, 0.2) is 5.96 Å². The number of guanidine groups is 1. The highest BCUT2D eigenvalue weighted by molar-refractivity contribution is 14.0. The van der Waals surface area contributed by atoms with Crippen molar-refractivity contribution in [1.29, 1.82) is 0 Å². The van der Waals surface area contributed by atoms with Crippen molar-refractivity contribution in [3.05, 3.63) is 18.2 Å². The van der Waals surface area contributed by atoms with Crippen molar-refractivity contribution in [3.63, 3.8) is 0 Å². The van der Waals surface area contributed by atoms with Gasteiger partial charge in [0.2, 0.25) is 5.91 Å². The zero-order valence-electron chi connectivity index (χ0n) is 19.5. The van der Waals surface area contributed by atoms with Crippen LogP contribution in [-0.2, 0) is 4.79 Å². The molecule has 0 aromatic heterocycles. The second-order valence-electron chi connectivity index (χ2n) is 8.30. The average molecular weight is 559 g/mol. The lowest BCUT2D eigenvalue weighted by Gasteiger charge is -2.23. The third-order valence-electron chi connectivity index (χ3n) is 6.07. The Hall–Kier alpha value is -1.91. The monoisotopic (exact) mass is 559 g/mol. The van der Waals surface area contributed by atoms with Crippen molar-refractivity contribution < 1.29 is 14.3 Å². The Labute approximate surface area is 208 Å². The van der Waals surface area contributed by atoms with Crippen LogP contribution in [-0.4, -0.2) is 64.9 Å². The van der Waals surface area contributed by atoms with E-state index in [1.807, 2.05) is 18.2 Å². The summed E-state index contributed by atoms with van der Waals surface area (Å²) in [5.74, 6) is 2.43. The first-order valence-electron chi connectivity index (χ1n) is 11.4. The van der Waals surface area contributed by atoms with Crippen molar-refractivity contribution in [1.82, 2.24) is 16.0 Å². The molecule has 1 atom stereocenters. The number of amides is 1. The van der Waals surface area contributed by atoms with Crippen molar-refractivity contribution in [2.45, 2.75) is 57.0 Å². The summed E-state index contributed by atoms with van der Waals surface area (Å²) in [4.78, 5) is 18.8. The summed E-state index contributed by atoms with van der Waals surface area (Å²) < 4.78 is 10.8. The number of benzene rings is 1. The van der Waals surface area contributed by atoms with Crippen LogP contribution in [0.4, 0.5) is 5.69 Å². The van der Waals surface area contributed by atoms with Gasteiger partial charge >= 0.3 is 0 Å². The number of aliphatic imine (C=N–C) groups is 1. The number of anilines is 1. The number of methoxy groups -OCH3 is 2. The second kappa shape index (κ2) is 13.6. The molecule has 3 N–H and O–H groups in total. The van der Waals surface area contributed by atoms with Crippen molar-refractivity contribution in [3.8, 4) is 11.5 Å². The maximum absolute atomic E-state index is 12.2. The number of ether oxygens (including phenoxy) is 2. The maximum Gasteiger partial charge on any atom is 0.221 e. The van der Waals surface area contributed by atoms with Crippen LogP contribution in [0, 0.1) is 0 Å². The van der Waals surface area contributed by atoms with E-state index >= 15 is 0 Å². The van der Waals surface area contributed by atoms with Gasteiger partial charge in [-0.3, -0.25) is 9.79 Å². The second-order valence-corrected chi connectivity index (χ2v) is 8.30. The number of nitrogens with one attached hydrogen (secondary N) is 3. The molecule has 9 heteroatoms. The molecule has 1 aliphatic heterocycles. The SMILES string of the molecule is CN=C(NCCC(=O)NC1CCCCC1)NC1CCN(c2cc(OC)cc(OC)c2)C1.I. The molecule has 0 spiro atoms. The van der Waals surface area contributed by atoms with Crippen molar-refractivity contribution in [2.75, 3.05) is 45.8 Å². The van der Waals surface area contributed by atoms with Crippen LogP contribution in [0.1, 0.15) is 44.9 Å². The molecule has 8 nitrogen and oxygen atoms in total. The Kier molecular flexibility index (Phi) is 11.2. The van der Waals surface area contributed by atoms with E-state index < -0.39 is 0 Å². The fourth-order valence-electron chi connectivity index (χ4n) is 4.32. The van der Waals surface area contributed by atoms with E-state index in [9.17, 15) is 4.79 Å². The predicted octanol–water partition coefficient (Wildman–Crippen LogP) is 2.90. The average Bonchev–Trinajstić information content (AvgIpc) is 3.27. The number of nitrogens with zero attached hydrogens (tertiary/aromatic N) is 2. The topological polar surface area (TPSA) is 87.2 Å². The molecule has 1 aliphatic carbocycles.